The molecule has 0 atom stereocenters. The van der Waals surface area contributed by atoms with Crippen molar-refractivity contribution in [3.63, 3.8) is 0 Å². The molecular formula is C8H7N3S. The smallest absolute Gasteiger partial charge is 0.134 e. The van der Waals surface area contributed by atoms with Crippen molar-refractivity contribution in [3.05, 3.63) is 24.5 Å². The summed E-state index contributed by atoms with van der Waals surface area (Å²) in [4.78, 5) is 8.80. The van der Waals surface area contributed by atoms with Crippen LogP contribution >= 0.6 is 12.6 Å². The van der Waals surface area contributed by atoms with Gasteiger partial charge in [-0.05, 0) is 18.2 Å². The second kappa shape index (κ2) is 2.64. The number of hydrogen-bond donors (Lipinski definition) is 2. The van der Waals surface area contributed by atoms with Crippen molar-refractivity contribution < 1.29 is 0 Å². The number of nitrogen functional groups attached to an aromatic ring is 1. The highest BCUT2D eigenvalue weighted by Crippen LogP contribution is 2.19. The molecule has 0 aliphatic carbocycles. The average Bonchev–Trinajstić information content (AvgIpc) is 2.07. The van der Waals surface area contributed by atoms with Crippen molar-refractivity contribution in [2.75, 3.05) is 5.73 Å². The standard InChI is InChI=1S/C8H7N3S/c9-8-6-3-5(12)1-2-7(6)10-4-11-8/h1-4,12H,(H2,9,10,11). The van der Waals surface area contributed by atoms with E-state index in [0.29, 0.717) is 5.82 Å². The number of thiol groups is 1. The highest BCUT2D eigenvalue weighted by Gasteiger charge is 1.98. The van der Waals surface area contributed by atoms with Gasteiger partial charge in [0.05, 0.1) is 5.52 Å². The maximum Gasteiger partial charge on any atom is 0.134 e. The molecule has 12 heavy (non-hydrogen) atoms. The molecule has 0 saturated heterocycles. The van der Waals surface area contributed by atoms with Gasteiger partial charge in [0.2, 0.25) is 0 Å². The molecule has 0 aliphatic rings. The summed E-state index contributed by atoms with van der Waals surface area (Å²) in [5.74, 6) is 0.496. The van der Waals surface area contributed by atoms with Crippen LogP contribution in [0.25, 0.3) is 10.9 Å². The molecule has 1 aromatic carbocycles. The van der Waals surface area contributed by atoms with E-state index in [2.05, 4.69) is 22.6 Å². The van der Waals surface area contributed by atoms with Crippen molar-refractivity contribution in [2.24, 2.45) is 0 Å². The Morgan fingerprint density at radius 2 is 2.08 bits per heavy atom. The van der Waals surface area contributed by atoms with Crippen LogP contribution in [-0.4, -0.2) is 9.97 Å². The number of benzene rings is 1. The van der Waals surface area contributed by atoms with E-state index >= 15 is 0 Å². The first-order valence-corrected chi connectivity index (χ1v) is 3.91. The van der Waals surface area contributed by atoms with E-state index in [0.717, 1.165) is 15.8 Å². The quantitative estimate of drug-likeness (QED) is 0.599. The Bertz CT molecular complexity index is 428. The van der Waals surface area contributed by atoms with E-state index in [1.807, 2.05) is 18.2 Å². The van der Waals surface area contributed by atoms with Gasteiger partial charge in [-0.2, -0.15) is 0 Å². The third-order valence-electron chi connectivity index (χ3n) is 1.65. The Balaban J connectivity index is 2.88. The minimum Gasteiger partial charge on any atom is -0.383 e. The zero-order valence-corrected chi connectivity index (χ0v) is 7.12. The SMILES string of the molecule is Nc1ncnc2ccc(S)cc12. The highest BCUT2D eigenvalue weighted by molar-refractivity contribution is 7.80. The van der Waals surface area contributed by atoms with Gasteiger partial charge in [0, 0.05) is 10.3 Å². The fourth-order valence-corrected chi connectivity index (χ4v) is 1.27. The third-order valence-corrected chi connectivity index (χ3v) is 1.93. The van der Waals surface area contributed by atoms with Gasteiger partial charge in [-0.25, -0.2) is 9.97 Å². The zero-order valence-electron chi connectivity index (χ0n) is 6.23. The summed E-state index contributed by atoms with van der Waals surface area (Å²) >= 11 is 4.20. The lowest BCUT2D eigenvalue weighted by atomic mass is 10.2. The maximum atomic E-state index is 5.64. The molecule has 60 valence electrons. The van der Waals surface area contributed by atoms with E-state index in [1.165, 1.54) is 6.33 Å². The van der Waals surface area contributed by atoms with E-state index < -0.39 is 0 Å². The predicted octanol–water partition coefficient (Wildman–Crippen LogP) is 1.50. The number of hydrogen-bond acceptors (Lipinski definition) is 4. The van der Waals surface area contributed by atoms with Crippen LogP contribution in [0.1, 0.15) is 0 Å². The third kappa shape index (κ3) is 1.10. The van der Waals surface area contributed by atoms with Gasteiger partial charge in [-0.15, -0.1) is 12.6 Å². The number of fused-ring (bicyclic) bond motifs is 1. The largest absolute Gasteiger partial charge is 0.383 e. The molecule has 0 spiro atoms. The Morgan fingerprint density at radius 1 is 1.25 bits per heavy atom. The van der Waals surface area contributed by atoms with Gasteiger partial charge in [0.1, 0.15) is 12.1 Å². The van der Waals surface area contributed by atoms with Crippen LogP contribution in [0.5, 0.6) is 0 Å². The molecular weight excluding hydrogens is 170 g/mol. The van der Waals surface area contributed by atoms with Crippen LogP contribution in [0, 0.1) is 0 Å². The maximum absolute atomic E-state index is 5.64. The second-order valence-electron chi connectivity index (χ2n) is 2.46. The molecule has 0 unspecified atom stereocenters. The van der Waals surface area contributed by atoms with Gasteiger partial charge in [0.25, 0.3) is 0 Å². The first-order chi connectivity index (χ1) is 5.77. The fourth-order valence-electron chi connectivity index (χ4n) is 1.06. The van der Waals surface area contributed by atoms with E-state index in [4.69, 9.17) is 5.73 Å². The van der Waals surface area contributed by atoms with Crippen LogP contribution in [0.15, 0.2) is 29.4 Å². The molecule has 0 radical (unpaired) electrons. The summed E-state index contributed by atoms with van der Waals surface area (Å²) in [7, 11) is 0. The first kappa shape index (κ1) is 7.36. The number of nitrogens with two attached hydrogens (primary N) is 1. The van der Waals surface area contributed by atoms with Gasteiger partial charge < -0.3 is 5.73 Å². The van der Waals surface area contributed by atoms with Crippen LogP contribution < -0.4 is 5.73 Å². The Morgan fingerprint density at radius 3 is 2.92 bits per heavy atom. The molecule has 1 heterocycles. The molecule has 2 N–H and O–H groups in total. The highest BCUT2D eigenvalue weighted by atomic mass is 32.1. The van der Waals surface area contributed by atoms with E-state index in [1.54, 1.807) is 0 Å². The predicted molar refractivity (Wildman–Crippen MR) is 51.2 cm³/mol. The van der Waals surface area contributed by atoms with Crippen LogP contribution in [-0.2, 0) is 0 Å². The number of rotatable bonds is 0. The minimum absolute atomic E-state index is 0.496. The van der Waals surface area contributed by atoms with E-state index in [9.17, 15) is 0 Å². The minimum atomic E-state index is 0.496. The Hall–Kier alpha value is -1.29. The fraction of sp³-hybridized carbons (Fsp3) is 0. The number of aromatic nitrogens is 2. The lowest BCUT2D eigenvalue weighted by Gasteiger charge is -1.99. The van der Waals surface area contributed by atoms with Crippen LogP contribution in [0.4, 0.5) is 5.82 Å². The molecule has 3 nitrogen and oxygen atoms in total. The summed E-state index contributed by atoms with van der Waals surface area (Å²) in [5.41, 5.74) is 6.49. The lowest BCUT2D eigenvalue weighted by molar-refractivity contribution is 1.22. The summed E-state index contributed by atoms with van der Waals surface area (Å²) in [6.45, 7) is 0. The van der Waals surface area contributed by atoms with Crippen molar-refractivity contribution in [3.8, 4) is 0 Å². The molecule has 0 bridgehead atoms. The van der Waals surface area contributed by atoms with Crippen molar-refractivity contribution in [1.29, 1.82) is 0 Å². The van der Waals surface area contributed by atoms with Crippen LogP contribution in [0.2, 0.25) is 0 Å². The van der Waals surface area contributed by atoms with Gasteiger partial charge >= 0.3 is 0 Å². The Kier molecular flexibility index (Phi) is 1.62. The number of nitrogens with zero attached hydrogens (tertiary/aromatic N) is 2. The van der Waals surface area contributed by atoms with Crippen LogP contribution in [0.3, 0.4) is 0 Å². The zero-order chi connectivity index (χ0) is 8.55. The molecule has 1 aromatic heterocycles. The summed E-state index contributed by atoms with van der Waals surface area (Å²) in [6.07, 6.45) is 1.45. The molecule has 0 fully saturated rings. The molecule has 2 rings (SSSR count). The first-order valence-electron chi connectivity index (χ1n) is 3.46. The summed E-state index contributed by atoms with van der Waals surface area (Å²) in [6, 6.07) is 5.60. The second-order valence-corrected chi connectivity index (χ2v) is 2.98. The molecule has 4 heteroatoms. The summed E-state index contributed by atoms with van der Waals surface area (Å²) < 4.78 is 0. The van der Waals surface area contributed by atoms with Gasteiger partial charge in [0.15, 0.2) is 0 Å². The van der Waals surface area contributed by atoms with Gasteiger partial charge in [-0.3, -0.25) is 0 Å². The van der Waals surface area contributed by atoms with Crippen molar-refractivity contribution >= 4 is 29.3 Å². The lowest BCUT2D eigenvalue weighted by Crippen LogP contribution is -1.92. The van der Waals surface area contributed by atoms with Crippen molar-refractivity contribution in [1.82, 2.24) is 9.97 Å². The normalized spacial score (nSPS) is 10.4. The molecule has 0 amide bonds. The average molecular weight is 177 g/mol. The molecule has 0 saturated carbocycles. The Labute approximate surface area is 75.0 Å². The van der Waals surface area contributed by atoms with Crippen molar-refractivity contribution in [2.45, 2.75) is 4.90 Å². The number of anilines is 1. The van der Waals surface area contributed by atoms with Gasteiger partial charge in [-0.1, -0.05) is 0 Å². The topological polar surface area (TPSA) is 51.8 Å². The monoisotopic (exact) mass is 177 g/mol. The summed E-state index contributed by atoms with van der Waals surface area (Å²) in [5, 5.41) is 0.852. The van der Waals surface area contributed by atoms with E-state index in [-0.39, 0.29) is 0 Å². The molecule has 2 aromatic rings. The molecule has 0 aliphatic heterocycles.